The second kappa shape index (κ2) is 10.1. The first-order valence-electron chi connectivity index (χ1n) is 11.3. The molecule has 0 bridgehead atoms. The summed E-state index contributed by atoms with van der Waals surface area (Å²) >= 11 is 0. The summed E-state index contributed by atoms with van der Waals surface area (Å²) < 4.78 is 43.8. The Morgan fingerprint density at radius 1 is 1.12 bits per heavy atom. The zero-order valence-corrected chi connectivity index (χ0v) is 19.6. The van der Waals surface area contributed by atoms with Crippen molar-refractivity contribution in [3.05, 3.63) is 58.9 Å². The molecule has 8 nitrogen and oxygen atoms in total. The number of carbonyl (C=O) groups is 1. The molecule has 2 aliphatic rings. The zero-order chi connectivity index (χ0) is 24.3. The molecule has 1 aliphatic heterocycles. The summed E-state index contributed by atoms with van der Waals surface area (Å²) in [5.74, 6) is -0.869. The smallest absolute Gasteiger partial charge is 0.254 e. The standard InChI is InChI=1S/C24H27FN4O4S/c25-23-13-19(7-5-17(23)15-26)28-9-11-29(12-10-28)24(30)22-14-21(34(27,31)32)8-6-18(22)16-33-20-3-1-2-4-20/h5-8,13-14,20H,1-4,9-12,16H2,(H2,27,31,32). The number of anilines is 1. The molecule has 2 fully saturated rings. The number of benzene rings is 2. The van der Waals surface area contributed by atoms with Crippen LogP contribution in [-0.2, 0) is 21.4 Å². The van der Waals surface area contributed by atoms with Gasteiger partial charge in [0.15, 0.2) is 0 Å². The summed E-state index contributed by atoms with van der Waals surface area (Å²) in [4.78, 5) is 16.9. The Labute approximate surface area is 198 Å². The van der Waals surface area contributed by atoms with Gasteiger partial charge in [0.25, 0.3) is 5.91 Å². The van der Waals surface area contributed by atoms with Crippen molar-refractivity contribution in [2.75, 3.05) is 31.1 Å². The molecule has 1 saturated carbocycles. The minimum atomic E-state index is -3.97. The van der Waals surface area contributed by atoms with E-state index in [1.54, 1.807) is 23.1 Å². The largest absolute Gasteiger partial charge is 0.374 e. The molecule has 0 spiro atoms. The molecule has 2 aromatic rings. The topological polar surface area (TPSA) is 117 Å². The Hall–Kier alpha value is -3.00. The van der Waals surface area contributed by atoms with Gasteiger partial charge < -0.3 is 14.5 Å². The van der Waals surface area contributed by atoms with Crippen molar-refractivity contribution in [2.45, 2.75) is 43.3 Å². The van der Waals surface area contributed by atoms with Crippen LogP contribution >= 0.6 is 0 Å². The Kier molecular flexibility index (Phi) is 7.16. The third-order valence-corrected chi connectivity index (χ3v) is 7.33. The van der Waals surface area contributed by atoms with Crippen molar-refractivity contribution >= 4 is 21.6 Å². The van der Waals surface area contributed by atoms with E-state index in [9.17, 15) is 17.6 Å². The number of rotatable bonds is 6. The minimum Gasteiger partial charge on any atom is -0.374 e. The van der Waals surface area contributed by atoms with Crippen LogP contribution in [0.2, 0.25) is 0 Å². The molecule has 1 saturated heterocycles. The summed E-state index contributed by atoms with van der Waals surface area (Å²) in [6.07, 6.45) is 4.35. The molecule has 34 heavy (non-hydrogen) atoms. The van der Waals surface area contributed by atoms with E-state index in [0.29, 0.717) is 37.4 Å². The highest BCUT2D eigenvalue weighted by molar-refractivity contribution is 7.89. The van der Waals surface area contributed by atoms with E-state index in [2.05, 4.69) is 0 Å². The molecule has 180 valence electrons. The van der Waals surface area contributed by atoms with Gasteiger partial charge in [-0.1, -0.05) is 18.9 Å². The molecular formula is C24H27FN4O4S. The first kappa shape index (κ1) is 24.1. The number of hydrogen-bond donors (Lipinski definition) is 1. The molecule has 1 aliphatic carbocycles. The van der Waals surface area contributed by atoms with Crippen molar-refractivity contribution in [2.24, 2.45) is 5.14 Å². The van der Waals surface area contributed by atoms with Crippen LogP contribution in [0.4, 0.5) is 10.1 Å². The molecule has 2 aromatic carbocycles. The second-order valence-electron chi connectivity index (χ2n) is 8.64. The van der Waals surface area contributed by atoms with Crippen LogP contribution in [0.3, 0.4) is 0 Å². The quantitative estimate of drug-likeness (QED) is 0.671. The normalized spacial score (nSPS) is 17.1. The van der Waals surface area contributed by atoms with Gasteiger partial charge in [0, 0.05) is 37.4 Å². The van der Waals surface area contributed by atoms with Gasteiger partial charge in [0.2, 0.25) is 10.0 Å². The van der Waals surface area contributed by atoms with Gasteiger partial charge in [0.05, 0.1) is 23.2 Å². The van der Waals surface area contributed by atoms with E-state index in [0.717, 1.165) is 25.7 Å². The van der Waals surface area contributed by atoms with E-state index < -0.39 is 15.8 Å². The van der Waals surface area contributed by atoms with Crippen molar-refractivity contribution in [1.29, 1.82) is 5.26 Å². The first-order valence-corrected chi connectivity index (χ1v) is 12.8. The van der Waals surface area contributed by atoms with E-state index in [4.69, 9.17) is 15.1 Å². The number of halogens is 1. The maximum Gasteiger partial charge on any atom is 0.254 e. The minimum absolute atomic E-state index is 0.0142. The fourth-order valence-electron chi connectivity index (χ4n) is 4.45. The number of nitrogens with zero attached hydrogens (tertiary/aromatic N) is 3. The van der Waals surface area contributed by atoms with Gasteiger partial charge in [-0.15, -0.1) is 0 Å². The van der Waals surface area contributed by atoms with Crippen molar-refractivity contribution in [1.82, 2.24) is 4.90 Å². The summed E-state index contributed by atoms with van der Waals surface area (Å²) in [7, 11) is -3.97. The van der Waals surface area contributed by atoms with Crippen LogP contribution in [0.1, 0.15) is 47.2 Å². The Morgan fingerprint density at radius 3 is 2.44 bits per heavy atom. The maximum atomic E-state index is 14.0. The summed E-state index contributed by atoms with van der Waals surface area (Å²) in [5, 5.41) is 14.2. The zero-order valence-electron chi connectivity index (χ0n) is 18.7. The van der Waals surface area contributed by atoms with Crippen molar-refractivity contribution < 1.29 is 22.3 Å². The van der Waals surface area contributed by atoms with E-state index in [1.807, 2.05) is 4.90 Å². The lowest BCUT2D eigenvalue weighted by molar-refractivity contribution is 0.0444. The highest BCUT2D eigenvalue weighted by atomic mass is 32.2. The summed E-state index contributed by atoms with van der Waals surface area (Å²) in [6.45, 7) is 1.92. The molecule has 10 heteroatoms. The van der Waals surface area contributed by atoms with E-state index >= 15 is 0 Å². The first-order chi connectivity index (χ1) is 16.3. The monoisotopic (exact) mass is 486 g/mol. The summed E-state index contributed by atoms with van der Waals surface area (Å²) in [6, 6.07) is 10.6. The Morgan fingerprint density at radius 2 is 1.82 bits per heavy atom. The third kappa shape index (κ3) is 5.38. The number of nitriles is 1. The number of ether oxygens (including phenoxy) is 1. The van der Waals surface area contributed by atoms with Crippen LogP contribution in [0.5, 0.6) is 0 Å². The molecule has 1 heterocycles. The molecular weight excluding hydrogens is 459 g/mol. The van der Waals surface area contributed by atoms with Gasteiger partial charge >= 0.3 is 0 Å². The number of piperazine rings is 1. The summed E-state index contributed by atoms with van der Waals surface area (Å²) in [5.41, 5.74) is 1.52. The average molecular weight is 487 g/mol. The molecule has 2 N–H and O–H groups in total. The SMILES string of the molecule is N#Cc1ccc(N2CCN(C(=O)c3cc(S(N)(=O)=O)ccc3COC3CCCC3)CC2)cc1F. The van der Waals surface area contributed by atoms with Gasteiger partial charge in [-0.05, 0) is 48.7 Å². The van der Waals surface area contributed by atoms with Gasteiger partial charge in [-0.2, -0.15) is 5.26 Å². The number of primary sulfonamides is 1. The lowest BCUT2D eigenvalue weighted by Gasteiger charge is -2.36. The number of amides is 1. The number of carbonyl (C=O) groups excluding carboxylic acids is 1. The predicted octanol–water partition coefficient (Wildman–Crippen LogP) is 2.77. The number of nitrogens with two attached hydrogens (primary N) is 1. The van der Waals surface area contributed by atoms with E-state index in [-0.39, 0.29) is 34.6 Å². The van der Waals surface area contributed by atoms with Crippen LogP contribution in [-0.4, -0.2) is 51.5 Å². The lowest BCUT2D eigenvalue weighted by atomic mass is 10.1. The van der Waals surface area contributed by atoms with Crippen molar-refractivity contribution in [3.8, 4) is 6.07 Å². The van der Waals surface area contributed by atoms with Gasteiger partial charge in [-0.25, -0.2) is 17.9 Å². The average Bonchev–Trinajstić information content (AvgIpc) is 3.35. The Bertz CT molecular complexity index is 1210. The van der Waals surface area contributed by atoms with Gasteiger partial charge in [-0.3, -0.25) is 4.79 Å². The highest BCUT2D eigenvalue weighted by Crippen LogP contribution is 2.25. The highest BCUT2D eigenvalue weighted by Gasteiger charge is 2.26. The molecule has 0 aromatic heterocycles. The van der Waals surface area contributed by atoms with E-state index in [1.165, 1.54) is 24.3 Å². The van der Waals surface area contributed by atoms with Crippen LogP contribution in [0.15, 0.2) is 41.3 Å². The van der Waals surface area contributed by atoms with Crippen LogP contribution in [0.25, 0.3) is 0 Å². The van der Waals surface area contributed by atoms with Gasteiger partial charge in [0.1, 0.15) is 11.9 Å². The van der Waals surface area contributed by atoms with Crippen LogP contribution in [0, 0.1) is 17.1 Å². The third-order valence-electron chi connectivity index (χ3n) is 6.42. The molecule has 0 unspecified atom stereocenters. The molecule has 0 atom stereocenters. The second-order valence-corrected chi connectivity index (χ2v) is 10.2. The molecule has 4 rings (SSSR count). The van der Waals surface area contributed by atoms with Crippen LogP contribution < -0.4 is 10.0 Å². The Balaban J connectivity index is 1.50. The lowest BCUT2D eigenvalue weighted by Crippen LogP contribution is -2.49. The number of hydrogen-bond acceptors (Lipinski definition) is 6. The fraction of sp³-hybridized carbons (Fsp3) is 0.417. The maximum absolute atomic E-state index is 14.0. The number of sulfonamides is 1. The molecule has 1 amide bonds. The predicted molar refractivity (Wildman–Crippen MR) is 124 cm³/mol. The molecule has 0 radical (unpaired) electrons. The van der Waals surface area contributed by atoms with Crippen molar-refractivity contribution in [3.63, 3.8) is 0 Å². The fourth-order valence-corrected chi connectivity index (χ4v) is 4.99.